The van der Waals surface area contributed by atoms with Crippen molar-refractivity contribution in [2.45, 2.75) is 39.3 Å². The monoisotopic (exact) mass is 620 g/mol. The van der Waals surface area contributed by atoms with Gasteiger partial charge in [0.05, 0.1) is 41.5 Å². The molecular weight excluding hydrogens is 592 g/mol. The number of nitrogens with zero attached hydrogens (tertiary/aromatic N) is 6. The Morgan fingerprint density at radius 2 is 1.88 bits per heavy atom. The van der Waals surface area contributed by atoms with E-state index in [0.717, 1.165) is 43.6 Å². The van der Waals surface area contributed by atoms with Crippen LogP contribution < -0.4 is 5.56 Å². The van der Waals surface area contributed by atoms with Crippen molar-refractivity contribution in [2.24, 2.45) is 7.05 Å². The third kappa shape index (κ3) is 4.27. The van der Waals surface area contributed by atoms with Crippen molar-refractivity contribution >= 4 is 38.5 Å². The molecule has 0 aliphatic carbocycles. The van der Waals surface area contributed by atoms with Gasteiger partial charge < -0.3 is 9.47 Å². The standard InChI is InChI=1S/C33H29BrN6O2/c1-20-13-23(9-11-27(20)34)32(41)38-18-30-26(14-21(38)2)33(42)39(25-10-12-29-28(16-25)35-19-37(29)3)31-24(17-36-40(30)31)15-22-7-5-4-6-8-22/h4-13,16-17,19,21H,14-15,18H2,1-3H3/t21-/m0/s1. The second-order valence-corrected chi connectivity index (χ2v) is 12.0. The number of rotatable bonds is 4. The largest absolute Gasteiger partial charge is 0.334 e. The fraction of sp³-hybridized carbons (Fsp3) is 0.212. The number of imidazole rings is 1. The lowest BCUT2D eigenvalue weighted by Crippen LogP contribution is -2.46. The first-order chi connectivity index (χ1) is 20.3. The lowest BCUT2D eigenvalue weighted by Gasteiger charge is -2.35. The molecule has 0 saturated carbocycles. The molecule has 6 aromatic rings. The fourth-order valence-electron chi connectivity index (χ4n) is 6.04. The summed E-state index contributed by atoms with van der Waals surface area (Å²) in [5.74, 6) is -0.0571. The first-order valence-electron chi connectivity index (χ1n) is 14.0. The van der Waals surface area contributed by atoms with Gasteiger partial charge >= 0.3 is 0 Å². The molecule has 3 aromatic carbocycles. The number of hydrogen-bond donors (Lipinski definition) is 0. The summed E-state index contributed by atoms with van der Waals surface area (Å²) in [6.45, 7) is 4.27. The molecule has 210 valence electrons. The highest BCUT2D eigenvalue weighted by Crippen LogP contribution is 2.29. The molecule has 1 amide bonds. The van der Waals surface area contributed by atoms with Crippen molar-refractivity contribution in [1.82, 2.24) is 28.6 Å². The third-order valence-corrected chi connectivity index (χ3v) is 9.21. The Bertz CT molecular complexity index is 2070. The smallest absolute Gasteiger partial charge is 0.261 e. The van der Waals surface area contributed by atoms with Crippen molar-refractivity contribution < 1.29 is 4.79 Å². The Kier molecular flexibility index (Phi) is 6.35. The Morgan fingerprint density at radius 1 is 1.07 bits per heavy atom. The van der Waals surface area contributed by atoms with Crippen LogP contribution in [0.5, 0.6) is 0 Å². The quantitative estimate of drug-likeness (QED) is 0.256. The van der Waals surface area contributed by atoms with Crippen LogP contribution in [-0.2, 0) is 26.4 Å². The highest BCUT2D eigenvalue weighted by molar-refractivity contribution is 9.10. The van der Waals surface area contributed by atoms with E-state index in [1.165, 1.54) is 0 Å². The van der Waals surface area contributed by atoms with E-state index >= 15 is 0 Å². The number of hydrogen-bond acceptors (Lipinski definition) is 4. The van der Waals surface area contributed by atoms with Gasteiger partial charge in [0.25, 0.3) is 11.5 Å². The molecule has 0 N–H and O–H groups in total. The molecule has 3 aromatic heterocycles. The normalized spacial score (nSPS) is 15.0. The number of carbonyl (C=O) groups excluding carboxylic acids is 1. The van der Waals surface area contributed by atoms with Gasteiger partial charge in [0.15, 0.2) is 0 Å². The van der Waals surface area contributed by atoms with Crippen LogP contribution in [0.1, 0.15) is 45.2 Å². The van der Waals surface area contributed by atoms with E-state index in [2.05, 4.69) is 33.0 Å². The van der Waals surface area contributed by atoms with E-state index in [-0.39, 0.29) is 17.5 Å². The van der Waals surface area contributed by atoms with Gasteiger partial charge in [0.2, 0.25) is 0 Å². The van der Waals surface area contributed by atoms with Crippen LogP contribution in [0.25, 0.3) is 22.4 Å². The van der Waals surface area contributed by atoms with Crippen LogP contribution in [0.4, 0.5) is 0 Å². The number of halogens is 1. The summed E-state index contributed by atoms with van der Waals surface area (Å²) in [5.41, 5.74) is 8.30. The molecule has 0 spiro atoms. The molecule has 7 rings (SSSR count). The number of aryl methyl sites for hydroxylation is 2. The lowest BCUT2D eigenvalue weighted by atomic mass is 9.98. The summed E-state index contributed by atoms with van der Waals surface area (Å²) in [5, 5.41) is 4.83. The van der Waals surface area contributed by atoms with Crippen LogP contribution in [0.3, 0.4) is 0 Å². The highest BCUT2D eigenvalue weighted by atomic mass is 79.9. The van der Waals surface area contributed by atoms with Gasteiger partial charge in [0.1, 0.15) is 5.65 Å². The van der Waals surface area contributed by atoms with Crippen LogP contribution in [0.15, 0.2) is 88.5 Å². The summed E-state index contributed by atoms with van der Waals surface area (Å²) < 4.78 is 6.58. The van der Waals surface area contributed by atoms with Crippen molar-refractivity contribution in [3.05, 3.63) is 128 Å². The van der Waals surface area contributed by atoms with E-state index in [1.807, 2.05) is 95.7 Å². The summed E-state index contributed by atoms with van der Waals surface area (Å²) in [7, 11) is 1.96. The number of amides is 1. The fourth-order valence-corrected chi connectivity index (χ4v) is 6.29. The highest BCUT2D eigenvalue weighted by Gasteiger charge is 2.33. The van der Waals surface area contributed by atoms with Gasteiger partial charge in [-0.1, -0.05) is 46.3 Å². The molecule has 1 atom stereocenters. The zero-order valence-corrected chi connectivity index (χ0v) is 25.2. The predicted molar refractivity (Wildman–Crippen MR) is 166 cm³/mol. The molecule has 4 heterocycles. The molecule has 8 nitrogen and oxygen atoms in total. The molecule has 1 aliphatic rings. The average molecular weight is 622 g/mol. The Balaban J connectivity index is 1.41. The maximum atomic E-state index is 14.4. The number of fused-ring (bicyclic) bond motifs is 4. The predicted octanol–water partition coefficient (Wildman–Crippen LogP) is 5.62. The van der Waals surface area contributed by atoms with E-state index in [1.54, 1.807) is 10.9 Å². The molecule has 42 heavy (non-hydrogen) atoms. The first kappa shape index (κ1) is 26.4. The summed E-state index contributed by atoms with van der Waals surface area (Å²) in [4.78, 5) is 34.6. The second kappa shape index (κ2) is 10.1. The maximum absolute atomic E-state index is 14.4. The van der Waals surface area contributed by atoms with Crippen molar-refractivity contribution in [1.29, 1.82) is 0 Å². The SMILES string of the molecule is Cc1cc(C(=O)N2Cc3c(c(=O)n(-c4ccc5c(c4)ncn5C)c4c(Cc5ccccc5)cnn34)C[C@@H]2C)ccc1Br. The van der Waals surface area contributed by atoms with Crippen LogP contribution in [0, 0.1) is 6.92 Å². The second-order valence-electron chi connectivity index (χ2n) is 11.1. The summed E-state index contributed by atoms with van der Waals surface area (Å²) in [6.07, 6.45) is 4.68. The van der Waals surface area contributed by atoms with Crippen LogP contribution in [-0.4, -0.2) is 40.6 Å². The first-order valence-corrected chi connectivity index (χ1v) is 14.8. The van der Waals surface area contributed by atoms with Crippen LogP contribution >= 0.6 is 15.9 Å². The van der Waals surface area contributed by atoms with Gasteiger partial charge in [-0.15, -0.1) is 0 Å². The van der Waals surface area contributed by atoms with Gasteiger partial charge in [-0.3, -0.25) is 14.2 Å². The Hall–Kier alpha value is -4.50. The zero-order valence-electron chi connectivity index (χ0n) is 23.6. The maximum Gasteiger partial charge on any atom is 0.261 e. The van der Waals surface area contributed by atoms with E-state index in [0.29, 0.717) is 36.2 Å². The summed E-state index contributed by atoms with van der Waals surface area (Å²) >= 11 is 3.53. The minimum absolute atomic E-state index is 0.0571. The molecule has 0 fully saturated rings. The number of aromatic nitrogens is 5. The van der Waals surface area contributed by atoms with E-state index in [9.17, 15) is 9.59 Å². The molecule has 1 aliphatic heterocycles. The van der Waals surface area contributed by atoms with Gasteiger partial charge in [-0.05, 0) is 67.8 Å². The molecule has 0 unspecified atom stereocenters. The van der Waals surface area contributed by atoms with Crippen molar-refractivity contribution in [3.8, 4) is 5.69 Å². The summed E-state index contributed by atoms with van der Waals surface area (Å²) in [6, 6.07) is 21.6. The van der Waals surface area contributed by atoms with E-state index < -0.39 is 0 Å². The van der Waals surface area contributed by atoms with Gasteiger partial charge in [-0.2, -0.15) is 5.10 Å². The van der Waals surface area contributed by atoms with Crippen molar-refractivity contribution in [2.75, 3.05) is 0 Å². The zero-order chi connectivity index (χ0) is 29.1. The number of carbonyl (C=O) groups is 1. The van der Waals surface area contributed by atoms with Crippen molar-refractivity contribution in [3.63, 3.8) is 0 Å². The molecular formula is C33H29BrN6O2. The average Bonchev–Trinajstić information content (AvgIpc) is 3.58. The Labute approximate surface area is 251 Å². The van der Waals surface area contributed by atoms with Gasteiger partial charge in [0, 0.05) is 40.7 Å². The molecule has 0 saturated heterocycles. The minimum atomic E-state index is -0.162. The Morgan fingerprint density at radius 3 is 2.67 bits per heavy atom. The minimum Gasteiger partial charge on any atom is -0.334 e. The lowest BCUT2D eigenvalue weighted by molar-refractivity contribution is 0.0651. The van der Waals surface area contributed by atoms with E-state index in [4.69, 9.17) is 5.10 Å². The third-order valence-electron chi connectivity index (χ3n) is 8.32. The van der Waals surface area contributed by atoms with Crippen LogP contribution in [0.2, 0.25) is 0 Å². The molecule has 0 bridgehead atoms. The molecule has 9 heteroatoms. The van der Waals surface area contributed by atoms with Gasteiger partial charge in [-0.25, -0.2) is 9.50 Å². The topological polar surface area (TPSA) is 77.4 Å². The number of benzene rings is 3. The molecule has 0 radical (unpaired) electrons.